The molecular formula is C13H14ClNO5S. The van der Waals surface area contributed by atoms with Gasteiger partial charge in [0.1, 0.15) is 0 Å². The Morgan fingerprint density at radius 2 is 1.95 bits per heavy atom. The van der Waals surface area contributed by atoms with Gasteiger partial charge >= 0.3 is 5.97 Å². The van der Waals surface area contributed by atoms with Crippen LogP contribution in [0.4, 0.5) is 0 Å². The second-order valence-electron chi connectivity index (χ2n) is 5.60. The average molecular weight is 332 g/mol. The van der Waals surface area contributed by atoms with Crippen molar-refractivity contribution in [2.75, 3.05) is 13.1 Å². The topological polar surface area (TPSA) is 94.9 Å². The Hall–Kier alpha value is -1.15. The van der Waals surface area contributed by atoms with Crippen LogP contribution in [0.1, 0.15) is 23.2 Å². The van der Waals surface area contributed by atoms with Crippen LogP contribution in [-0.4, -0.2) is 47.6 Å². The standard InChI is InChI=1S/C13H14ClNO5S/c14-11-4-3-9(5-10(11)12(16)17)21(19,20)15-6-13(18,7-15)8-1-2-8/h3-5,8,18H,1-2,6-7H2,(H,16,17). The molecule has 1 saturated heterocycles. The Balaban J connectivity index is 1.86. The summed E-state index contributed by atoms with van der Waals surface area (Å²) < 4.78 is 26.0. The number of aliphatic hydroxyl groups is 1. The first-order valence-electron chi connectivity index (χ1n) is 6.49. The number of aromatic carboxylic acids is 1. The molecule has 0 aromatic heterocycles. The van der Waals surface area contributed by atoms with Gasteiger partial charge in [-0.25, -0.2) is 13.2 Å². The van der Waals surface area contributed by atoms with E-state index in [1.165, 1.54) is 16.4 Å². The van der Waals surface area contributed by atoms with Crippen molar-refractivity contribution in [1.82, 2.24) is 4.31 Å². The van der Waals surface area contributed by atoms with Crippen LogP contribution in [0.5, 0.6) is 0 Å². The zero-order valence-corrected chi connectivity index (χ0v) is 12.6. The normalized spacial score (nSPS) is 21.8. The average Bonchev–Trinajstić information content (AvgIpc) is 3.19. The number of rotatable bonds is 4. The second-order valence-corrected chi connectivity index (χ2v) is 7.94. The second kappa shape index (κ2) is 4.67. The van der Waals surface area contributed by atoms with Gasteiger partial charge in [0.15, 0.2) is 0 Å². The van der Waals surface area contributed by atoms with Crippen molar-refractivity contribution in [3.05, 3.63) is 28.8 Å². The van der Waals surface area contributed by atoms with E-state index < -0.39 is 21.6 Å². The van der Waals surface area contributed by atoms with Gasteiger partial charge in [-0.05, 0) is 37.0 Å². The third-order valence-electron chi connectivity index (χ3n) is 4.04. The maximum atomic E-state index is 12.4. The van der Waals surface area contributed by atoms with Crippen molar-refractivity contribution < 1.29 is 23.4 Å². The summed E-state index contributed by atoms with van der Waals surface area (Å²) in [5.74, 6) is -1.10. The number of halogens is 1. The summed E-state index contributed by atoms with van der Waals surface area (Å²) in [4.78, 5) is 10.9. The number of nitrogens with zero attached hydrogens (tertiary/aromatic N) is 1. The van der Waals surface area contributed by atoms with Crippen molar-refractivity contribution in [2.24, 2.45) is 5.92 Å². The SMILES string of the molecule is O=C(O)c1cc(S(=O)(=O)N2CC(O)(C3CC3)C2)ccc1Cl. The molecule has 1 heterocycles. The highest BCUT2D eigenvalue weighted by Crippen LogP contribution is 2.45. The van der Waals surface area contributed by atoms with E-state index in [0.717, 1.165) is 18.9 Å². The molecule has 0 radical (unpaired) electrons. The molecule has 2 fully saturated rings. The fourth-order valence-electron chi connectivity index (χ4n) is 2.59. The molecule has 6 nitrogen and oxygen atoms in total. The van der Waals surface area contributed by atoms with E-state index in [-0.39, 0.29) is 34.5 Å². The van der Waals surface area contributed by atoms with Crippen LogP contribution >= 0.6 is 11.6 Å². The molecule has 8 heteroatoms. The molecule has 0 atom stereocenters. The number of carboxylic acids is 1. The Morgan fingerprint density at radius 3 is 2.48 bits per heavy atom. The fourth-order valence-corrected chi connectivity index (χ4v) is 4.38. The number of β-amino-alcohol motifs (C(OH)–C–C–N with tert-alkyl or cyclic N) is 1. The zero-order chi connectivity index (χ0) is 15.4. The molecule has 1 aromatic rings. The van der Waals surface area contributed by atoms with E-state index >= 15 is 0 Å². The quantitative estimate of drug-likeness (QED) is 0.864. The van der Waals surface area contributed by atoms with Gasteiger partial charge in [0, 0.05) is 13.1 Å². The minimum atomic E-state index is -3.80. The lowest BCUT2D eigenvalue weighted by Gasteiger charge is -2.45. The molecule has 1 aliphatic carbocycles. The molecule has 1 saturated carbocycles. The monoisotopic (exact) mass is 331 g/mol. The van der Waals surface area contributed by atoms with Gasteiger partial charge in [-0.3, -0.25) is 0 Å². The van der Waals surface area contributed by atoms with Crippen molar-refractivity contribution in [2.45, 2.75) is 23.3 Å². The van der Waals surface area contributed by atoms with Crippen molar-refractivity contribution in [1.29, 1.82) is 0 Å². The minimum absolute atomic E-state index is 0.0143. The molecule has 1 aliphatic heterocycles. The van der Waals surface area contributed by atoms with Crippen LogP contribution in [0.3, 0.4) is 0 Å². The number of sulfonamides is 1. The van der Waals surface area contributed by atoms with Crippen LogP contribution in [0.15, 0.2) is 23.1 Å². The summed E-state index contributed by atoms with van der Waals surface area (Å²) in [5.41, 5.74) is -1.18. The van der Waals surface area contributed by atoms with Crippen molar-refractivity contribution >= 4 is 27.6 Å². The van der Waals surface area contributed by atoms with Gasteiger partial charge in [-0.15, -0.1) is 0 Å². The maximum Gasteiger partial charge on any atom is 0.337 e. The molecule has 1 aromatic carbocycles. The van der Waals surface area contributed by atoms with Gasteiger partial charge in [0.2, 0.25) is 10.0 Å². The lowest BCUT2D eigenvalue weighted by atomic mass is 9.91. The predicted octanol–water partition coefficient (Wildman–Crippen LogP) is 1.18. The number of carbonyl (C=O) groups is 1. The van der Waals surface area contributed by atoms with Crippen LogP contribution in [0.25, 0.3) is 0 Å². The van der Waals surface area contributed by atoms with E-state index in [1.807, 2.05) is 0 Å². The molecule has 0 amide bonds. The fraction of sp³-hybridized carbons (Fsp3) is 0.462. The number of hydrogen-bond donors (Lipinski definition) is 2. The maximum absolute atomic E-state index is 12.4. The molecule has 21 heavy (non-hydrogen) atoms. The van der Waals surface area contributed by atoms with Crippen LogP contribution < -0.4 is 0 Å². The summed E-state index contributed by atoms with van der Waals surface area (Å²) in [5, 5.41) is 19.2. The Bertz CT molecular complexity index is 707. The smallest absolute Gasteiger partial charge is 0.337 e. The van der Waals surface area contributed by atoms with Crippen LogP contribution in [-0.2, 0) is 10.0 Å². The number of carboxylic acid groups (broad SMARTS) is 1. The minimum Gasteiger partial charge on any atom is -0.478 e. The van der Waals surface area contributed by atoms with Crippen LogP contribution in [0.2, 0.25) is 5.02 Å². The Morgan fingerprint density at radius 1 is 1.33 bits per heavy atom. The lowest BCUT2D eigenvalue weighted by Crippen LogP contribution is -2.64. The van der Waals surface area contributed by atoms with E-state index in [0.29, 0.717) is 0 Å². The highest BCUT2D eigenvalue weighted by molar-refractivity contribution is 7.89. The summed E-state index contributed by atoms with van der Waals surface area (Å²) in [6.07, 6.45) is 1.85. The van der Waals surface area contributed by atoms with Crippen molar-refractivity contribution in [3.63, 3.8) is 0 Å². The zero-order valence-electron chi connectivity index (χ0n) is 11.0. The first kappa shape index (κ1) is 14.8. The first-order valence-corrected chi connectivity index (χ1v) is 8.31. The van der Waals surface area contributed by atoms with Gasteiger partial charge in [0.25, 0.3) is 0 Å². The van der Waals surface area contributed by atoms with Gasteiger partial charge in [-0.2, -0.15) is 4.31 Å². The molecule has 2 N–H and O–H groups in total. The van der Waals surface area contributed by atoms with Gasteiger partial charge in [0.05, 0.1) is 21.1 Å². The largest absolute Gasteiger partial charge is 0.478 e. The molecule has 114 valence electrons. The summed E-state index contributed by atoms with van der Waals surface area (Å²) in [6, 6.07) is 3.58. The highest BCUT2D eigenvalue weighted by Gasteiger charge is 2.55. The molecule has 0 spiro atoms. The molecule has 0 bridgehead atoms. The summed E-state index contributed by atoms with van der Waals surface area (Å²) >= 11 is 5.73. The number of benzene rings is 1. The van der Waals surface area contributed by atoms with Gasteiger partial charge < -0.3 is 10.2 Å². The van der Waals surface area contributed by atoms with Crippen molar-refractivity contribution in [3.8, 4) is 0 Å². The first-order chi connectivity index (χ1) is 9.74. The number of hydrogen-bond acceptors (Lipinski definition) is 4. The summed E-state index contributed by atoms with van der Waals surface area (Å²) in [6.45, 7) is 0.121. The Kier molecular flexibility index (Phi) is 3.29. The molecule has 2 aliphatic rings. The predicted molar refractivity (Wildman–Crippen MR) is 74.8 cm³/mol. The molecule has 0 unspecified atom stereocenters. The van der Waals surface area contributed by atoms with Gasteiger partial charge in [-0.1, -0.05) is 11.6 Å². The third kappa shape index (κ3) is 2.44. The molecule has 3 rings (SSSR count). The molecular weight excluding hydrogens is 318 g/mol. The summed E-state index contributed by atoms with van der Waals surface area (Å²) in [7, 11) is -3.80. The highest BCUT2D eigenvalue weighted by atomic mass is 35.5. The third-order valence-corrected chi connectivity index (χ3v) is 6.16. The Labute approximate surface area is 127 Å². The lowest BCUT2D eigenvalue weighted by molar-refractivity contribution is -0.0764. The van der Waals surface area contributed by atoms with E-state index in [9.17, 15) is 18.3 Å². The van der Waals surface area contributed by atoms with E-state index in [2.05, 4.69) is 0 Å². The van der Waals surface area contributed by atoms with E-state index in [1.54, 1.807) is 0 Å². The van der Waals surface area contributed by atoms with Crippen LogP contribution in [0, 0.1) is 5.92 Å². The van der Waals surface area contributed by atoms with E-state index in [4.69, 9.17) is 16.7 Å².